The summed E-state index contributed by atoms with van der Waals surface area (Å²) in [5.74, 6) is 0.816. The fourth-order valence-electron chi connectivity index (χ4n) is 3.57. The molecule has 1 amide bonds. The predicted octanol–water partition coefficient (Wildman–Crippen LogP) is 0.992. The molecule has 2 rings (SSSR count). The Kier molecular flexibility index (Phi) is 6.93. The van der Waals surface area contributed by atoms with E-state index in [-0.39, 0.29) is 11.9 Å². The molecule has 5 heteroatoms. The predicted molar refractivity (Wildman–Crippen MR) is 84.3 cm³/mol. The lowest BCUT2D eigenvalue weighted by Crippen LogP contribution is -2.53. The maximum atomic E-state index is 12.2. The van der Waals surface area contributed by atoms with Crippen LogP contribution in [-0.2, 0) is 9.53 Å². The van der Waals surface area contributed by atoms with E-state index in [9.17, 15) is 4.79 Å². The number of hydrogen-bond acceptors (Lipinski definition) is 4. The molecule has 2 unspecified atom stereocenters. The van der Waals surface area contributed by atoms with Crippen molar-refractivity contribution in [1.82, 2.24) is 15.5 Å². The first-order valence-electron chi connectivity index (χ1n) is 8.59. The maximum Gasteiger partial charge on any atom is 0.237 e. The number of ether oxygens (including phenoxy) is 1. The summed E-state index contributed by atoms with van der Waals surface area (Å²) in [6.07, 6.45) is 4.41. The Morgan fingerprint density at radius 2 is 2.05 bits per heavy atom. The second kappa shape index (κ2) is 8.71. The molecule has 5 nitrogen and oxygen atoms in total. The summed E-state index contributed by atoms with van der Waals surface area (Å²) in [6, 6.07) is 0.464. The summed E-state index contributed by atoms with van der Waals surface area (Å²) in [7, 11) is 0. The number of carbonyl (C=O) groups excluding carboxylic acids is 1. The van der Waals surface area contributed by atoms with Crippen LogP contribution in [-0.4, -0.2) is 62.3 Å². The van der Waals surface area contributed by atoms with Gasteiger partial charge in [0.25, 0.3) is 0 Å². The van der Waals surface area contributed by atoms with Gasteiger partial charge in [0.1, 0.15) is 0 Å². The lowest BCUT2D eigenvalue weighted by Gasteiger charge is -2.39. The fraction of sp³-hybridized carbons (Fsp3) is 0.938. The number of nitrogens with zero attached hydrogens (tertiary/aromatic N) is 1. The number of amides is 1. The van der Waals surface area contributed by atoms with Crippen molar-refractivity contribution in [2.75, 3.05) is 39.4 Å². The van der Waals surface area contributed by atoms with E-state index in [1.54, 1.807) is 0 Å². The summed E-state index contributed by atoms with van der Waals surface area (Å²) in [6.45, 7) is 9.84. The Hall–Kier alpha value is -0.650. The smallest absolute Gasteiger partial charge is 0.237 e. The van der Waals surface area contributed by atoms with Gasteiger partial charge in [-0.3, -0.25) is 9.69 Å². The van der Waals surface area contributed by atoms with Crippen molar-refractivity contribution in [3.8, 4) is 0 Å². The van der Waals surface area contributed by atoms with Crippen LogP contribution in [0.15, 0.2) is 0 Å². The normalized spacial score (nSPS) is 25.2. The van der Waals surface area contributed by atoms with Crippen LogP contribution in [0.1, 0.15) is 39.5 Å². The third kappa shape index (κ3) is 4.66. The van der Waals surface area contributed by atoms with Crippen molar-refractivity contribution < 1.29 is 9.53 Å². The van der Waals surface area contributed by atoms with E-state index in [1.165, 1.54) is 0 Å². The molecule has 0 bridgehead atoms. The Morgan fingerprint density at radius 3 is 2.62 bits per heavy atom. The molecule has 0 aromatic heterocycles. The molecular formula is C16H31N3O2. The van der Waals surface area contributed by atoms with Gasteiger partial charge in [0.2, 0.25) is 5.91 Å². The Morgan fingerprint density at radius 1 is 1.33 bits per heavy atom. The van der Waals surface area contributed by atoms with Crippen LogP contribution in [0.25, 0.3) is 0 Å². The molecule has 2 atom stereocenters. The average Bonchev–Trinajstić information content (AvgIpc) is 3.06. The van der Waals surface area contributed by atoms with E-state index in [2.05, 4.69) is 29.4 Å². The average molecular weight is 297 g/mol. The van der Waals surface area contributed by atoms with Crippen LogP contribution in [0.5, 0.6) is 0 Å². The molecule has 21 heavy (non-hydrogen) atoms. The Balaban J connectivity index is 1.89. The van der Waals surface area contributed by atoms with Crippen molar-refractivity contribution in [2.24, 2.45) is 5.92 Å². The van der Waals surface area contributed by atoms with Crippen molar-refractivity contribution in [2.45, 2.75) is 51.6 Å². The van der Waals surface area contributed by atoms with Gasteiger partial charge in [0.15, 0.2) is 0 Å². The van der Waals surface area contributed by atoms with E-state index < -0.39 is 0 Å². The lowest BCUT2D eigenvalue weighted by molar-refractivity contribution is -0.123. The summed E-state index contributed by atoms with van der Waals surface area (Å²) < 4.78 is 5.46. The van der Waals surface area contributed by atoms with Crippen molar-refractivity contribution in [3.63, 3.8) is 0 Å². The topological polar surface area (TPSA) is 53.6 Å². The minimum atomic E-state index is 0.0250. The van der Waals surface area contributed by atoms with Crippen molar-refractivity contribution >= 4 is 5.91 Å². The van der Waals surface area contributed by atoms with Gasteiger partial charge >= 0.3 is 0 Å². The van der Waals surface area contributed by atoms with E-state index in [4.69, 9.17) is 4.74 Å². The summed E-state index contributed by atoms with van der Waals surface area (Å²) in [4.78, 5) is 14.7. The van der Waals surface area contributed by atoms with Crippen LogP contribution in [0.4, 0.5) is 0 Å². The molecule has 0 aromatic rings. The monoisotopic (exact) mass is 297 g/mol. The molecule has 2 aliphatic rings. The van der Waals surface area contributed by atoms with Gasteiger partial charge in [0.05, 0.1) is 19.3 Å². The van der Waals surface area contributed by atoms with E-state index >= 15 is 0 Å². The fourth-order valence-corrected chi connectivity index (χ4v) is 3.57. The summed E-state index contributed by atoms with van der Waals surface area (Å²) in [5, 5.41) is 6.46. The maximum absolute atomic E-state index is 12.2. The highest BCUT2D eigenvalue weighted by Gasteiger charge is 2.29. The molecule has 2 N–H and O–H groups in total. The van der Waals surface area contributed by atoms with Crippen molar-refractivity contribution in [3.05, 3.63) is 0 Å². The second-order valence-corrected chi connectivity index (χ2v) is 6.19. The van der Waals surface area contributed by atoms with Crippen LogP contribution in [0.2, 0.25) is 0 Å². The molecular weight excluding hydrogens is 266 g/mol. The van der Waals surface area contributed by atoms with Gasteiger partial charge in [-0.05, 0) is 25.3 Å². The highest BCUT2D eigenvalue weighted by molar-refractivity contribution is 5.82. The number of hydrogen-bond donors (Lipinski definition) is 2. The first-order chi connectivity index (χ1) is 10.3. The number of nitrogens with one attached hydrogen (secondary N) is 2. The molecule has 122 valence electrons. The molecule has 0 aliphatic carbocycles. The molecule has 0 spiro atoms. The molecule has 2 aliphatic heterocycles. The van der Waals surface area contributed by atoms with Gasteiger partial charge in [-0.2, -0.15) is 0 Å². The van der Waals surface area contributed by atoms with Crippen LogP contribution < -0.4 is 10.6 Å². The number of rotatable bonds is 7. The number of carbonyl (C=O) groups is 1. The van der Waals surface area contributed by atoms with Crippen molar-refractivity contribution in [1.29, 1.82) is 0 Å². The largest absolute Gasteiger partial charge is 0.379 e. The minimum absolute atomic E-state index is 0.0250. The zero-order valence-corrected chi connectivity index (χ0v) is 13.6. The molecule has 0 radical (unpaired) electrons. The van der Waals surface area contributed by atoms with Gasteiger partial charge in [-0.25, -0.2) is 0 Å². The molecule has 2 saturated heterocycles. The van der Waals surface area contributed by atoms with Gasteiger partial charge < -0.3 is 15.4 Å². The highest BCUT2D eigenvalue weighted by atomic mass is 16.5. The molecule has 0 saturated carbocycles. The van der Waals surface area contributed by atoms with E-state index in [0.29, 0.717) is 12.0 Å². The van der Waals surface area contributed by atoms with E-state index in [0.717, 1.165) is 65.1 Å². The zero-order chi connectivity index (χ0) is 15.1. The van der Waals surface area contributed by atoms with E-state index in [1.807, 2.05) is 0 Å². The third-order valence-electron chi connectivity index (χ3n) is 4.97. The first kappa shape index (κ1) is 16.7. The summed E-state index contributed by atoms with van der Waals surface area (Å²) >= 11 is 0. The highest BCUT2D eigenvalue weighted by Crippen LogP contribution is 2.19. The molecule has 0 aromatic carbocycles. The number of morpholine rings is 1. The third-order valence-corrected chi connectivity index (χ3v) is 4.97. The molecule has 2 fully saturated rings. The zero-order valence-electron chi connectivity index (χ0n) is 13.6. The van der Waals surface area contributed by atoms with Gasteiger partial charge in [0, 0.05) is 25.7 Å². The van der Waals surface area contributed by atoms with Crippen LogP contribution >= 0.6 is 0 Å². The minimum Gasteiger partial charge on any atom is -0.379 e. The molecule has 2 heterocycles. The van der Waals surface area contributed by atoms with Gasteiger partial charge in [-0.1, -0.05) is 26.7 Å². The SMILES string of the molecule is CCC(CC)C(CNC(=O)C1CCCN1)N1CCOCC1. The van der Waals surface area contributed by atoms with Crippen LogP contribution in [0, 0.1) is 5.92 Å². The quantitative estimate of drug-likeness (QED) is 0.736. The Bertz CT molecular complexity index is 309. The first-order valence-corrected chi connectivity index (χ1v) is 8.59. The van der Waals surface area contributed by atoms with Crippen LogP contribution in [0.3, 0.4) is 0 Å². The summed E-state index contributed by atoms with van der Waals surface area (Å²) in [5.41, 5.74) is 0. The Labute approximate surface area is 128 Å². The standard InChI is InChI=1S/C16H31N3O2/c1-3-13(4-2)15(19-8-10-21-11-9-19)12-18-16(20)14-6-5-7-17-14/h13-15,17H,3-12H2,1-2H3,(H,18,20). The van der Waals surface area contributed by atoms with Gasteiger partial charge in [-0.15, -0.1) is 0 Å². The lowest BCUT2D eigenvalue weighted by atomic mass is 9.92. The second-order valence-electron chi connectivity index (χ2n) is 6.19.